The number of thiazole rings is 1. The van der Waals surface area contributed by atoms with Crippen LogP contribution >= 0.6 is 34.5 Å². The van der Waals surface area contributed by atoms with Crippen LogP contribution in [0.4, 0.5) is 0 Å². The van der Waals surface area contributed by atoms with Crippen LogP contribution in [-0.4, -0.2) is 49.4 Å². The number of aromatic nitrogens is 1. The third kappa shape index (κ3) is 5.52. The number of benzene rings is 2. The maximum Gasteiger partial charge on any atom is 0.325 e. The molecule has 36 heavy (non-hydrogen) atoms. The molecule has 2 unspecified atom stereocenters. The van der Waals surface area contributed by atoms with E-state index in [1.165, 1.54) is 40.2 Å². The number of hydrogen-bond acceptors (Lipinski definition) is 6. The monoisotopic (exact) mass is 569 g/mol. The van der Waals surface area contributed by atoms with Gasteiger partial charge < -0.3 is 9.30 Å². The maximum atomic E-state index is 13.1. The topological polar surface area (TPSA) is 98.0 Å². The Morgan fingerprint density at radius 2 is 1.75 bits per heavy atom. The quantitative estimate of drug-likeness (QED) is 0.418. The Morgan fingerprint density at radius 3 is 2.36 bits per heavy atom. The van der Waals surface area contributed by atoms with E-state index in [9.17, 15) is 18.0 Å². The average Bonchev–Trinajstić information content (AvgIpc) is 3.14. The summed E-state index contributed by atoms with van der Waals surface area (Å²) in [6, 6.07) is 8.94. The SMILES string of the molecule is COC(=O)Cn1c(=NC(=O)c2ccc(S(=O)(=O)N3CC(C)CC(C)C3)cc2)sc2cc(Cl)cc(Cl)c21. The largest absolute Gasteiger partial charge is 0.468 e. The van der Waals surface area contributed by atoms with Crippen LogP contribution in [0.3, 0.4) is 0 Å². The summed E-state index contributed by atoms with van der Waals surface area (Å²) < 4.78 is 34.7. The van der Waals surface area contributed by atoms with Crippen molar-refractivity contribution in [3.8, 4) is 0 Å². The van der Waals surface area contributed by atoms with E-state index in [0.29, 0.717) is 33.4 Å². The van der Waals surface area contributed by atoms with Gasteiger partial charge >= 0.3 is 5.97 Å². The van der Waals surface area contributed by atoms with E-state index in [1.807, 2.05) is 13.8 Å². The Bertz CT molecular complexity index is 1490. The summed E-state index contributed by atoms with van der Waals surface area (Å²) in [6.45, 7) is 4.84. The molecule has 0 saturated carbocycles. The molecule has 192 valence electrons. The van der Waals surface area contributed by atoms with Crippen LogP contribution in [0.5, 0.6) is 0 Å². The van der Waals surface area contributed by atoms with Crippen LogP contribution in [-0.2, 0) is 26.1 Å². The Balaban J connectivity index is 1.68. The fourth-order valence-corrected chi connectivity index (χ4v) is 7.92. The van der Waals surface area contributed by atoms with Gasteiger partial charge in [0.15, 0.2) is 4.80 Å². The summed E-state index contributed by atoms with van der Waals surface area (Å²) in [4.78, 5) is 29.6. The normalized spacial score (nSPS) is 19.5. The molecule has 0 bridgehead atoms. The fourth-order valence-electron chi connectivity index (χ4n) is 4.43. The zero-order chi connectivity index (χ0) is 26.2. The second-order valence-electron chi connectivity index (χ2n) is 8.99. The van der Waals surface area contributed by atoms with Crippen molar-refractivity contribution in [2.75, 3.05) is 20.2 Å². The molecule has 4 rings (SSSR count). The lowest BCUT2D eigenvalue weighted by Gasteiger charge is -2.34. The molecule has 8 nitrogen and oxygen atoms in total. The van der Waals surface area contributed by atoms with Gasteiger partial charge in [0.2, 0.25) is 10.0 Å². The highest BCUT2D eigenvalue weighted by molar-refractivity contribution is 7.89. The lowest BCUT2D eigenvalue weighted by Crippen LogP contribution is -2.42. The number of methoxy groups -OCH3 is 1. The third-order valence-corrected chi connectivity index (χ3v) is 9.36. The molecular formula is C24H25Cl2N3O5S2. The first-order valence-corrected chi connectivity index (χ1v) is 14.2. The third-order valence-electron chi connectivity index (χ3n) is 5.98. The van der Waals surface area contributed by atoms with E-state index in [4.69, 9.17) is 27.9 Å². The standard InChI is InChI=1S/C24H25Cl2N3O5S2/c1-14-8-15(2)12-28(11-14)36(32,33)18-6-4-16(5-7-18)23(31)27-24-29(13-21(30)34-3)22-19(26)9-17(25)10-20(22)35-24/h4-7,9-10,14-15H,8,11-13H2,1-3H3. The highest BCUT2D eigenvalue weighted by Crippen LogP contribution is 2.30. The van der Waals surface area contributed by atoms with Crippen LogP contribution < -0.4 is 4.80 Å². The molecular weight excluding hydrogens is 545 g/mol. The molecule has 1 amide bonds. The van der Waals surface area contributed by atoms with E-state index in [0.717, 1.165) is 17.8 Å². The number of sulfonamides is 1. The number of piperidine rings is 1. The average molecular weight is 571 g/mol. The predicted molar refractivity (Wildman–Crippen MR) is 140 cm³/mol. The molecule has 1 aliphatic rings. The lowest BCUT2D eigenvalue weighted by molar-refractivity contribution is -0.141. The van der Waals surface area contributed by atoms with Crippen molar-refractivity contribution < 1.29 is 22.7 Å². The van der Waals surface area contributed by atoms with Gasteiger partial charge in [0.1, 0.15) is 6.54 Å². The fraction of sp³-hybridized carbons (Fsp3) is 0.375. The zero-order valence-electron chi connectivity index (χ0n) is 19.9. The molecule has 12 heteroatoms. The number of rotatable bonds is 5. The van der Waals surface area contributed by atoms with Crippen molar-refractivity contribution in [2.45, 2.75) is 31.7 Å². The molecule has 1 aliphatic heterocycles. The minimum absolute atomic E-state index is 0.129. The molecule has 0 spiro atoms. The second-order valence-corrected chi connectivity index (χ2v) is 12.8. The summed E-state index contributed by atoms with van der Waals surface area (Å²) in [5.74, 6) is -0.564. The number of carbonyl (C=O) groups is 2. The van der Waals surface area contributed by atoms with Gasteiger partial charge in [0.05, 0.1) is 27.2 Å². The van der Waals surface area contributed by atoms with Crippen LogP contribution in [0.25, 0.3) is 10.2 Å². The highest BCUT2D eigenvalue weighted by Gasteiger charge is 2.31. The van der Waals surface area contributed by atoms with Gasteiger partial charge in [-0.15, -0.1) is 0 Å². The molecule has 2 aromatic carbocycles. The van der Waals surface area contributed by atoms with Gasteiger partial charge in [-0.3, -0.25) is 9.59 Å². The minimum Gasteiger partial charge on any atom is -0.468 e. The smallest absolute Gasteiger partial charge is 0.325 e. The zero-order valence-corrected chi connectivity index (χ0v) is 23.0. The summed E-state index contributed by atoms with van der Waals surface area (Å²) >= 11 is 13.6. The molecule has 0 radical (unpaired) electrons. The number of esters is 1. The molecule has 0 aliphatic carbocycles. The van der Waals surface area contributed by atoms with Gasteiger partial charge in [0, 0.05) is 23.7 Å². The van der Waals surface area contributed by atoms with E-state index >= 15 is 0 Å². The maximum absolute atomic E-state index is 13.1. The number of ether oxygens (including phenoxy) is 1. The van der Waals surface area contributed by atoms with Crippen molar-refractivity contribution in [1.82, 2.24) is 8.87 Å². The summed E-state index contributed by atoms with van der Waals surface area (Å²) in [5, 5.41) is 0.716. The number of amides is 1. The molecule has 1 aromatic heterocycles. The molecule has 2 heterocycles. The number of halogens is 2. The summed E-state index contributed by atoms with van der Waals surface area (Å²) in [7, 11) is -2.41. The Kier molecular flexibility index (Phi) is 7.92. The predicted octanol–water partition coefficient (Wildman–Crippen LogP) is 4.59. The first kappa shape index (κ1) is 26.8. The van der Waals surface area contributed by atoms with E-state index < -0.39 is 21.9 Å². The lowest BCUT2D eigenvalue weighted by atomic mass is 9.94. The van der Waals surface area contributed by atoms with Crippen molar-refractivity contribution in [2.24, 2.45) is 16.8 Å². The number of hydrogen-bond donors (Lipinski definition) is 0. The first-order chi connectivity index (χ1) is 17.0. The summed E-state index contributed by atoms with van der Waals surface area (Å²) in [5.41, 5.74) is 0.718. The summed E-state index contributed by atoms with van der Waals surface area (Å²) in [6.07, 6.45) is 0.992. The van der Waals surface area contributed by atoms with E-state index in [2.05, 4.69) is 4.99 Å². The number of nitrogens with zero attached hydrogens (tertiary/aromatic N) is 3. The van der Waals surface area contributed by atoms with Crippen molar-refractivity contribution in [1.29, 1.82) is 0 Å². The van der Waals surface area contributed by atoms with E-state index in [-0.39, 0.29) is 33.6 Å². The second kappa shape index (κ2) is 10.6. The Morgan fingerprint density at radius 1 is 1.11 bits per heavy atom. The Labute approximate surface area is 223 Å². The van der Waals surface area contributed by atoms with Crippen molar-refractivity contribution in [3.63, 3.8) is 0 Å². The van der Waals surface area contributed by atoms with Gasteiger partial charge in [0.25, 0.3) is 5.91 Å². The van der Waals surface area contributed by atoms with Crippen molar-refractivity contribution in [3.05, 3.63) is 56.8 Å². The van der Waals surface area contributed by atoms with E-state index in [1.54, 1.807) is 12.1 Å². The van der Waals surface area contributed by atoms with Gasteiger partial charge in [-0.25, -0.2) is 8.42 Å². The number of carbonyl (C=O) groups excluding carboxylic acids is 2. The number of fused-ring (bicyclic) bond motifs is 1. The van der Waals surface area contributed by atoms with Crippen LogP contribution in [0, 0.1) is 11.8 Å². The molecule has 0 N–H and O–H groups in total. The molecule has 1 fully saturated rings. The Hall–Kier alpha value is -2.24. The highest BCUT2D eigenvalue weighted by atomic mass is 35.5. The van der Waals surface area contributed by atoms with Crippen molar-refractivity contribution >= 4 is 66.7 Å². The van der Waals surface area contributed by atoms with Gasteiger partial charge in [-0.2, -0.15) is 9.30 Å². The minimum atomic E-state index is -3.67. The van der Waals surface area contributed by atoms with Gasteiger partial charge in [-0.1, -0.05) is 48.4 Å². The van der Waals surface area contributed by atoms with Crippen LogP contribution in [0.15, 0.2) is 46.3 Å². The van der Waals surface area contributed by atoms with Crippen LogP contribution in [0.1, 0.15) is 30.6 Å². The molecule has 3 aromatic rings. The molecule has 1 saturated heterocycles. The van der Waals surface area contributed by atoms with Crippen LogP contribution in [0.2, 0.25) is 10.0 Å². The van der Waals surface area contributed by atoms with Gasteiger partial charge in [-0.05, 0) is 54.7 Å². The first-order valence-electron chi connectivity index (χ1n) is 11.2. The molecule has 2 atom stereocenters.